The summed E-state index contributed by atoms with van der Waals surface area (Å²) in [4.78, 5) is 6.57. The minimum absolute atomic E-state index is 0.632. The second kappa shape index (κ2) is 6.30. The van der Waals surface area contributed by atoms with Gasteiger partial charge in [0.1, 0.15) is 0 Å². The Balaban J connectivity index is 1.99. The van der Waals surface area contributed by atoms with Crippen LogP contribution in [0.3, 0.4) is 0 Å². The van der Waals surface area contributed by atoms with E-state index in [1.54, 1.807) is 0 Å². The molecule has 0 aromatic carbocycles. The van der Waals surface area contributed by atoms with E-state index in [4.69, 9.17) is 0 Å². The van der Waals surface area contributed by atoms with Gasteiger partial charge in [0, 0.05) is 31.0 Å². The maximum absolute atomic E-state index is 4.08. The van der Waals surface area contributed by atoms with Crippen molar-refractivity contribution in [2.75, 3.05) is 14.1 Å². The van der Waals surface area contributed by atoms with Crippen molar-refractivity contribution in [2.24, 2.45) is 5.92 Å². The van der Waals surface area contributed by atoms with Gasteiger partial charge in [-0.25, -0.2) is 0 Å². The molecule has 2 rings (SSSR count). The number of nitrogens with one attached hydrogen (secondary N) is 1. The summed E-state index contributed by atoms with van der Waals surface area (Å²) in [6, 6.07) is 5.49. The fourth-order valence-electron chi connectivity index (χ4n) is 3.07. The summed E-state index contributed by atoms with van der Waals surface area (Å²) in [7, 11) is 4.33. The topological polar surface area (TPSA) is 28.2 Å². The smallest absolute Gasteiger partial charge is 0.0271 e. The molecule has 100 valence electrons. The molecule has 0 spiro atoms. The van der Waals surface area contributed by atoms with E-state index in [1.807, 2.05) is 12.4 Å². The highest BCUT2D eigenvalue weighted by Crippen LogP contribution is 2.27. The summed E-state index contributed by atoms with van der Waals surface area (Å²) in [5, 5.41) is 3.49. The van der Waals surface area contributed by atoms with Crippen molar-refractivity contribution < 1.29 is 0 Å². The average Bonchev–Trinajstić information content (AvgIpc) is 2.40. The standard InChI is InChI=1S/C15H25N3/c1-12-4-5-14(16-2)15(10-12)18(3)11-13-6-8-17-9-7-13/h6-9,12,14-16H,4-5,10-11H2,1-3H3. The first-order valence-corrected chi connectivity index (χ1v) is 6.97. The van der Waals surface area contributed by atoms with Gasteiger partial charge in [-0.15, -0.1) is 0 Å². The minimum atomic E-state index is 0.632. The van der Waals surface area contributed by atoms with Gasteiger partial charge in [-0.05, 0) is 57.0 Å². The molecule has 1 heterocycles. The van der Waals surface area contributed by atoms with Crippen LogP contribution in [-0.2, 0) is 6.54 Å². The molecule has 0 radical (unpaired) electrons. The van der Waals surface area contributed by atoms with E-state index in [-0.39, 0.29) is 0 Å². The lowest BCUT2D eigenvalue weighted by atomic mass is 9.82. The van der Waals surface area contributed by atoms with E-state index in [0.29, 0.717) is 12.1 Å². The lowest BCUT2D eigenvalue weighted by molar-refractivity contribution is 0.123. The Labute approximate surface area is 111 Å². The highest BCUT2D eigenvalue weighted by molar-refractivity contribution is 5.09. The van der Waals surface area contributed by atoms with Crippen LogP contribution in [0.4, 0.5) is 0 Å². The van der Waals surface area contributed by atoms with Crippen molar-refractivity contribution in [3.63, 3.8) is 0 Å². The number of nitrogens with zero attached hydrogens (tertiary/aromatic N) is 2. The normalized spacial score (nSPS) is 28.6. The van der Waals surface area contributed by atoms with Crippen LogP contribution in [0.2, 0.25) is 0 Å². The van der Waals surface area contributed by atoms with Crippen molar-refractivity contribution in [1.82, 2.24) is 15.2 Å². The van der Waals surface area contributed by atoms with E-state index >= 15 is 0 Å². The monoisotopic (exact) mass is 247 g/mol. The van der Waals surface area contributed by atoms with Crippen LogP contribution < -0.4 is 5.32 Å². The molecule has 3 unspecified atom stereocenters. The molecular weight excluding hydrogens is 222 g/mol. The number of hydrogen-bond donors (Lipinski definition) is 1. The van der Waals surface area contributed by atoms with Crippen LogP contribution in [0.5, 0.6) is 0 Å². The van der Waals surface area contributed by atoms with E-state index in [9.17, 15) is 0 Å². The molecule has 0 saturated heterocycles. The third-order valence-corrected chi connectivity index (χ3v) is 4.20. The molecule has 3 nitrogen and oxygen atoms in total. The molecule has 0 bridgehead atoms. The maximum Gasteiger partial charge on any atom is 0.0271 e. The Morgan fingerprint density at radius 1 is 1.33 bits per heavy atom. The van der Waals surface area contributed by atoms with Crippen molar-refractivity contribution in [3.8, 4) is 0 Å². The van der Waals surface area contributed by atoms with E-state index < -0.39 is 0 Å². The minimum Gasteiger partial charge on any atom is -0.315 e. The first-order chi connectivity index (χ1) is 8.70. The number of pyridine rings is 1. The zero-order valence-electron chi connectivity index (χ0n) is 11.8. The molecule has 1 aliphatic rings. The zero-order chi connectivity index (χ0) is 13.0. The third-order valence-electron chi connectivity index (χ3n) is 4.20. The van der Waals surface area contributed by atoms with Gasteiger partial charge in [0.25, 0.3) is 0 Å². The largest absolute Gasteiger partial charge is 0.315 e. The summed E-state index contributed by atoms with van der Waals surface area (Å²) in [5.41, 5.74) is 1.35. The van der Waals surface area contributed by atoms with Crippen molar-refractivity contribution in [3.05, 3.63) is 30.1 Å². The van der Waals surface area contributed by atoms with Crippen LogP contribution in [0.25, 0.3) is 0 Å². The van der Waals surface area contributed by atoms with Crippen molar-refractivity contribution in [2.45, 2.75) is 44.8 Å². The summed E-state index contributed by atoms with van der Waals surface area (Å²) < 4.78 is 0. The lowest BCUT2D eigenvalue weighted by Gasteiger charge is -2.40. The van der Waals surface area contributed by atoms with E-state index in [1.165, 1.54) is 24.8 Å². The zero-order valence-corrected chi connectivity index (χ0v) is 11.8. The Hall–Kier alpha value is -0.930. The van der Waals surface area contributed by atoms with Gasteiger partial charge < -0.3 is 5.32 Å². The van der Waals surface area contributed by atoms with E-state index in [2.05, 4.69) is 48.4 Å². The number of aromatic nitrogens is 1. The Kier molecular flexibility index (Phi) is 4.72. The van der Waals surface area contributed by atoms with Crippen molar-refractivity contribution in [1.29, 1.82) is 0 Å². The summed E-state index contributed by atoms with van der Waals surface area (Å²) in [6.07, 6.45) is 7.70. The molecule has 1 aromatic heterocycles. The Morgan fingerprint density at radius 3 is 2.72 bits per heavy atom. The highest BCUT2D eigenvalue weighted by atomic mass is 15.2. The van der Waals surface area contributed by atoms with Crippen LogP contribution in [-0.4, -0.2) is 36.1 Å². The molecular formula is C15H25N3. The number of rotatable bonds is 4. The van der Waals surface area contributed by atoms with Gasteiger partial charge in [-0.3, -0.25) is 9.88 Å². The molecule has 1 N–H and O–H groups in total. The lowest BCUT2D eigenvalue weighted by Crippen LogP contribution is -2.50. The van der Waals surface area contributed by atoms with E-state index in [0.717, 1.165) is 12.5 Å². The molecule has 1 aliphatic carbocycles. The fourth-order valence-corrected chi connectivity index (χ4v) is 3.07. The maximum atomic E-state index is 4.08. The van der Waals surface area contributed by atoms with Crippen LogP contribution in [0.1, 0.15) is 31.7 Å². The molecule has 0 amide bonds. The summed E-state index contributed by atoms with van der Waals surface area (Å²) in [5.74, 6) is 0.847. The van der Waals surface area contributed by atoms with Gasteiger partial charge >= 0.3 is 0 Å². The van der Waals surface area contributed by atoms with Gasteiger partial charge in [0.05, 0.1) is 0 Å². The summed E-state index contributed by atoms with van der Waals surface area (Å²) >= 11 is 0. The molecule has 3 atom stereocenters. The molecule has 18 heavy (non-hydrogen) atoms. The molecule has 1 aromatic rings. The Morgan fingerprint density at radius 2 is 2.06 bits per heavy atom. The highest BCUT2D eigenvalue weighted by Gasteiger charge is 2.30. The first-order valence-electron chi connectivity index (χ1n) is 6.97. The van der Waals surface area contributed by atoms with Gasteiger partial charge in [-0.1, -0.05) is 6.92 Å². The predicted molar refractivity (Wildman–Crippen MR) is 75.4 cm³/mol. The van der Waals surface area contributed by atoms with Gasteiger partial charge in [0.15, 0.2) is 0 Å². The predicted octanol–water partition coefficient (Wildman–Crippen LogP) is 2.29. The summed E-state index contributed by atoms with van der Waals surface area (Å²) in [6.45, 7) is 3.39. The Bertz CT molecular complexity index is 352. The number of likely N-dealkylation sites (N-methyl/N-ethyl adjacent to an activating group) is 2. The second-order valence-corrected chi connectivity index (χ2v) is 5.65. The van der Waals surface area contributed by atoms with Crippen LogP contribution in [0.15, 0.2) is 24.5 Å². The van der Waals surface area contributed by atoms with Crippen molar-refractivity contribution >= 4 is 0 Å². The van der Waals surface area contributed by atoms with Crippen LogP contribution >= 0.6 is 0 Å². The first kappa shape index (κ1) is 13.5. The average molecular weight is 247 g/mol. The van der Waals surface area contributed by atoms with Gasteiger partial charge in [-0.2, -0.15) is 0 Å². The second-order valence-electron chi connectivity index (χ2n) is 5.65. The SMILES string of the molecule is CNC1CCC(C)CC1N(C)Cc1ccncc1. The third kappa shape index (κ3) is 3.30. The quantitative estimate of drug-likeness (QED) is 0.885. The molecule has 1 fully saturated rings. The number of hydrogen-bond acceptors (Lipinski definition) is 3. The molecule has 0 aliphatic heterocycles. The molecule has 3 heteroatoms. The van der Waals surface area contributed by atoms with Gasteiger partial charge in [0.2, 0.25) is 0 Å². The fraction of sp³-hybridized carbons (Fsp3) is 0.667. The molecule has 1 saturated carbocycles. The van der Waals surface area contributed by atoms with Crippen LogP contribution in [0, 0.1) is 5.92 Å².